The molecule has 0 radical (unpaired) electrons. The lowest BCUT2D eigenvalue weighted by Gasteiger charge is -2.30. The molecule has 0 heterocycles. The van der Waals surface area contributed by atoms with Crippen LogP contribution in [0.4, 0.5) is 0 Å². The highest BCUT2D eigenvalue weighted by atomic mass is 15.1. The summed E-state index contributed by atoms with van der Waals surface area (Å²) in [6.45, 7) is 13.0. The molecule has 1 rings (SSSR count). The summed E-state index contributed by atoms with van der Waals surface area (Å²) in [6, 6.07) is 11.0. The Hall–Kier alpha value is -0.820. The quantitative estimate of drug-likeness (QED) is 0.357. The SMILES string of the molecule is CCCCC(CC)CN(Cc1ccccc1)CC(CC)CCCC. The minimum absolute atomic E-state index is 0.859. The average Bonchev–Trinajstić information content (AvgIpc) is 2.62. The number of unbranched alkanes of at least 4 members (excludes halogenated alkanes) is 2. The van der Waals surface area contributed by atoms with E-state index in [0.29, 0.717) is 0 Å². The highest BCUT2D eigenvalue weighted by Gasteiger charge is 2.17. The normalized spacial score (nSPS) is 14.0. The van der Waals surface area contributed by atoms with Crippen LogP contribution in [0.1, 0.15) is 84.6 Å². The molecule has 1 heteroatoms. The van der Waals surface area contributed by atoms with E-state index in [2.05, 4.69) is 62.9 Å². The van der Waals surface area contributed by atoms with Crippen molar-refractivity contribution in [1.29, 1.82) is 0 Å². The Morgan fingerprint density at radius 3 is 1.67 bits per heavy atom. The van der Waals surface area contributed by atoms with E-state index in [4.69, 9.17) is 0 Å². The zero-order chi connectivity index (χ0) is 17.6. The predicted molar refractivity (Wildman–Crippen MR) is 108 cm³/mol. The number of rotatable bonds is 14. The van der Waals surface area contributed by atoms with Crippen LogP contribution >= 0.6 is 0 Å². The second-order valence-corrected chi connectivity index (χ2v) is 7.51. The van der Waals surface area contributed by atoms with Crippen LogP contribution < -0.4 is 0 Å². The summed E-state index contributed by atoms with van der Waals surface area (Å²) in [7, 11) is 0. The van der Waals surface area contributed by atoms with Gasteiger partial charge in [0, 0.05) is 19.6 Å². The molecule has 2 atom stereocenters. The summed E-state index contributed by atoms with van der Waals surface area (Å²) in [4.78, 5) is 2.75. The molecule has 0 saturated heterocycles. The summed E-state index contributed by atoms with van der Waals surface area (Å²) in [5.41, 5.74) is 1.47. The largest absolute Gasteiger partial charge is 0.299 e. The summed E-state index contributed by atoms with van der Waals surface area (Å²) < 4.78 is 0. The van der Waals surface area contributed by atoms with Crippen molar-refractivity contribution < 1.29 is 0 Å². The topological polar surface area (TPSA) is 3.24 Å². The molecule has 2 unspecified atom stereocenters. The first kappa shape index (κ1) is 21.2. The molecule has 1 aromatic rings. The number of hydrogen-bond acceptors (Lipinski definition) is 1. The Bertz CT molecular complexity index is 368. The van der Waals surface area contributed by atoms with Crippen LogP contribution in [-0.4, -0.2) is 18.0 Å². The van der Waals surface area contributed by atoms with Crippen molar-refractivity contribution in [3.05, 3.63) is 35.9 Å². The highest BCUT2D eigenvalue weighted by Crippen LogP contribution is 2.20. The Labute approximate surface area is 151 Å². The van der Waals surface area contributed by atoms with Gasteiger partial charge in [-0.1, -0.05) is 96.6 Å². The highest BCUT2D eigenvalue weighted by molar-refractivity contribution is 5.14. The molecule has 0 aromatic heterocycles. The second kappa shape index (κ2) is 13.5. The van der Waals surface area contributed by atoms with Crippen LogP contribution in [0.3, 0.4) is 0 Å². The monoisotopic (exact) mass is 331 g/mol. The molecule has 0 bridgehead atoms. The van der Waals surface area contributed by atoms with Crippen molar-refractivity contribution in [2.45, 2.75) is 85.6 Å². The van der Waals surface area contributed by atoms with Crippen molar-refractivity contribution in [2.24, 2.45) is 11.8 Å². The molecule has 24 heavy (non-hydrogen) atoms. The van der Waals surface area contributed by atoms with E-state index in [0.717, 1.165) is 18.4 Å². The van der Waals surface area contributed by atoms with Crippen molar-refractivity contribution in [3.63, 3.8) is 0 Å². The van der Waals surface area contributed by atoms with Crippen molar-refractivity contribution in [3.8, 4) is 0 Å². The van der Waals surface area contributed by atoms with Gasteiger partial charge in [0.25, 0.3) is 0 Å². The van der Waals surface area contributed by atoms with Crippen LogP contribution in [0.15, 0.2) is 30.3 Å². The summed E-state index contributed by atoms with van der Waals surface area (Å²) in [5.74, 6) is 1.72. The smallest absolute Gasteiger partial charge is 0.0233 e. The lowest BCUT2D eigenvalue weighted by molar-refractivity contribution is 0.174. The van der Waals surface area contributed by atoms with Crippen LogP contribution in [0, 0.1) is 11.8 Å². The average molecular weight is 332 g/mol. The van der Waals surface area contributed by atoms with Crippen molar-refractivity contribution >= 4 is 0 Å². The van der Waals surface area contributed by atoms with Crippen LogP contribution in [-0.2, 0) is 6.54 Å². The fourth-order valence-corrected chi connectivity index (χ4v) is 3.61. The lowest BCUT2D eigenvalue weighted by Crippen LogP contribution is -2.33. The molecule has 0 aliphatic carbocycles. The Balaban J connectivity index is 2.69. The van der Waals surface area contributed by atoms with E-state index in [-0.39, 0.29) is 0 Å². The maximum absolute atomic E-state index is 2.75. The zero-order valence-corrected chi connectivity index (χ0v) is 16.8. The molecular weight excluding hydrogens is 290 g/mol. The van der Waals surface area contributed by atoms with Crippen molar-refractivity contribution in [2.75, 3.05) is 13.1 Å². The molecule has 0 fully saturated rings. The number of hydrogen-bond donors (Lipinski definition) is 0. The lowest BCUT2D eigenvalue weighted by atomic mass is 9.95. The van der Waals surface area contributed by atoms with Gasteiger partial charge in [0.1, 0.15) is 0 Å². The second-order valence-electron chi connectivity index (χ2n) is 7.51. The van der Waals surface area contributed by atoms with E-state index in [9.17, 15) is 0 Å². The van der Waals surface area contributed by atoms with Crippen LogP contribution in [0.5, 0.6) is 0 Å². The molecule has 1 aromatic carbocycles. The molecule has 0 spiro atoms. The fourth-order valence-electron chi connectivity index (χ4n) is 3.61. The van der Waals surface area contributed by atoms with Gasteiger partial charge in [0.15, 0.2) is 0 Å². The Kier molecular flexibility index (Phi) is 11.9. The van der Waals surface area contributed by atoms with Crippen LogP contribution in [0.25, 0.3) is 0 Å². The molecular formula is C23H41N. The number of benzene rings is 1. The molecule has 138 valence electrons. The maximum atomic E-state index is 2.75. The van der Waals surface area contributed by atoms with E-state index >= 15 is 0 Å². The van der Waals surface area contributed by atoms with Crippen molar-refractivity contribution in [1.82, 2.24) is 4.90 Å². The van der Waals surface area contributed by atoms with E-state index in [1.165, 1.54) is 70.0 Å². The van der Waals surface area contributed by atoms with E-state index in [1.54, 1.807) is 0 Å². The van der Waals surface area contributed by atoms with Gasteiger partial charge >= 0.3 is 0 Å². The summed E-state index contributed by atoms with van der Waals surface area (Å²) in [6.07, 6.45) is 10.8. The molecule has 0 N–H and O–H groups in total. The van der Waals surface area contributed by atoms with E-state index < -0.39 is 0 Å². The summed E-state index contributed by atoms with van der Waals surface area (Å²) >= 11 is 0. The fraction of sp³-hybridized carbons (Fsp3) is 0.739. The van der Waals surface area contributed by atoms with Gasteiger partial charge < -0.3 is 0 Å². The van der Waals surface area contributed by atoms with Gasteiger partial charge in [0.2, 0.25) is 0 Å². The molecule has 0 aliphatic heterocycles. The van der Waals surface area contributed by atoms with E-state index in [1.807, 2.05) is 0 Å². The zero-order valence-electron chi connectivity index (χ0n) is 16.8. The van der Waals surface area contributed by atoms with Gasteiger partial charge in [-0.05, 0) is 30.2 Å². The first-order valence-electron chi connectivity index (χ1n) is 10.5. The maximum Gasteiger partial charge on any atom is 0.0233 e. The molecule has 0 amide bonds. The van der Waals surface area contributed by atoms with Gasteiger partial charge in [0.05, 0.1) is 0 Å². The first-order chi connectivity index (χ1) is 11.7. The standard InChI is InChI=1S/C23H41N/c1-5-9-14-21(7-3)18-24(19-22(8-4)15-10-6-2)20-23-16-12-11-13-17-23/h11-13,16-17,21-22H,5-10,14-15,18-20H2,1-4H3. The predicted octanol–water partition coefficient (Wildman–Crippen LogP) is 6.92. The minimum Gasteiger partial charge on any atom is -0.299 e. The van der Waals surface area contributed by atoms with Gasteiger partial charge in [-0.3, -0.25) is 4.90 Å². The third kappa shape index (κ3) is 8.87. The molecule has 0 saturated carbocycles. The van der Waals surface area contributed by atoms with Gasteiger partial charge in [-0.15, -0.1) is 0 Å². The first-order valence-corrected chi connectivity index (χ1v) is 10.5. The number of nitrogens with zero attached hydrogens (tertiary/aromatic N) is 1. The van der Waals surface area contributed by atoms with Crippen LogP contribution in [0.2, 0.25) is 0 Å². The summed E-state index contributed by atoms with van der Waals surface area (Å²) in [5, 5.41) is 0. The Morgan fingerprint density at radius 2 is 1.25 bits per heavy atom. The van der Waals surface area contributed by atoms with Gasteiger partial charge in [-0.2, -0.15) is 0 Å². The molecule has 1 nitrogen and oxygen atoms in total. The van der Waals surface area contributed by atoms with Gasteiger partial charge in [-0.25, -0.2) is 0 Å². The Morgan fingerprint density at radius 1 is 0.750 bits per heavy atom. The third-order valence-electron chi connectivity index (χ3n) is 5.37. The molecule has 0 aliphatic rings. The minimum atomic E-state index is 0.859. The third-order valence-corrected chi connectivity index (χ3v) is 5.37.